The van der Waals surface area contributed by atoms with Crippen molar-refractivity contribution < 1.29 is 9.21 Å². The van der Waals surface area contributed by atoms with Crippen molar-refractivity contribution in [3.63, 3.8) is 0 Å². The van der Waals surface area contributed by atoms with E-state index in [1.54, 1.807) is 6.07 Å². The minimum Gasteiger partial charge on any atom is -0.472 e. The molecule has 0 aliphatic carbocycles. The zero-order chi connectivity index (χ0) is 13.9. The van der Waals surface area contributed by atoms with Crippen molar-refractivity contribution >= 4 is 27.5 Å². The summed E-state index contributed by atoms with van der Waals surface area (Å²) in [5.41, 5.74) is 1.75. The van der Waals surface area contributed by atoms with Crippen LogP contribution < -0.4 is 10.2 Å². The van der Waals surface area contributed by atoms with Crippen LogP contribution in [0.3, 0.4) is 0 Å². The van der Waals surface area contributed by atoms with Crippen LogP contribution in [0.4, 0.5) is 5.69 Å². The number of carbonyl (C=O) groups is 1. The number of carbonyl (C=O) groups excluding carboxylic acids is 1. The quantitative estimate of drug-likeness (QED) is 0.938. The standard InChI is InChI=1S/C15H15BrN2O2/c16-13-3-1-2-4-14(13)18-7-5-12(9-18)17-15(19)11-6-8-20-10-11/h1-4,6,8,10,12H,5,7,9H2,(H,17,19)/t12-/m0/s1. The molecule has 0 unspecified atom stereocenters. The summed E-state index contributed by atoms with van der Waals surface area (Å²) in [5, 5.41) is 3.04. The maximum atomic E-state index is 12.0. The van der Waals surface area contributed by atoms with E-state index in [4.69, 9.17) is 4.42 Å². The molecule has 5 heteroatoms. The first kappa shape index (κ1) is 13.2. The fourth-order valence-corrected chi connectivity index (χ4v) is 3.00. The van der Waals surface area contributed by atoms with E-state index in [2.05, 4.69) is 32.2 Å². The van der Waals surface area contributed by atoms with Gasteiger partial charge in [0.2, 0.25) is 0 Å². The lowest BCUT2D eigenvalue weighted by molar-refractivity contribution is 0.0940. The Morgan fingerprint density at radius 3 is 2.95 bits per heavy atom. The van der Waals surface area contributed by atoms with Gasteiger partial charge in [-0.05, 0) is 40.5 Å². The van der Waals surface area contributed by atoms with Gasteiger partial charge in [-0.2, -0.15) is 0 Å². The molecule has 1 fully saturated rings. The number of para-hydroxylation sites is 1. The van der Waals surface area contributed by atoms with Crippen molar-refractivity contribution in [1.82, 2.24) is 5.32 Å². The Kier molecular flexibility index (Phi) is 3.78. The first-order valence-electron chi connectivity index (χ1n) is 6.56. The Morgan fingerprint density at radius 2 is 2.20 bits per heavy atom. The van der Waals surface area contributed by atoms with Crippen LogP contribution >= 0.6 is 15.9 Å². The first-order valence-corrected chi connectivity index (χ1v) is 7.36. The van der Waals surface area contributed by atoms with Gasteiger partial charge in [-0.15, -0.1) is 0 Å². The summed E-state index contributed by atoms with van der Waals surface area (Å²) in [6, 6.07) is 10.00. The predicted octanol–water partition coefficient (Wildman–Crippen LogP) is 3.05. The fraction of sp³-hybridized carbons (Fsp3) is 0.267. The number of anilines is 1. The van der Waals surface area contributed by atoms with Crippen LogP contribution in [0.2, 0.25) is 0 Å². The Hall–Kier alpha value is -1.75. The number of furan rings is 1. The molecular weight excluding hydrogens is 320 g/mol. The average Bonchev–Trinajstić information content (AvgIpc) is 3.10. The van der Waals surface area contributed by atoms with E-state index in [-0.39, 0.29) is 11.9 Å². The highest BCUT2D eigenvalue weighted by Crippen LogP contribution is 2.28. The number of amides is 1. The lowest BCUT2D eigenvalue weighted by Crippen LogP contribution is -2.37. The van der Waals surface area contributed by atoms with Crippen LogP contribution in [0, 0.1) is 0 Å². The molecule has 2 heterocycles. The molecule has 1 atom stereocenters. The molecule has 20 heavy (non-hydrogen) atoms. The largest absolute Gasteiger partial charge is 0.472 e. The highest BCUT2D eigenvalue weighted by atomic mass is 79.9. The van der Waals surface area contributed by atoms with Gasteiger partial charge in [0, 0.05) is 23.6 Å². The topological polar surface area (TPSA) is 45.5 Å². The third-order valence-corrected chi connectivity index (χ3v) is 4.17. The molecule has 3 rings (SSSR count). The van der Waals surface area contributed by atoms with Crippen molar-refractivity contribution in [3.05, 3.63) is 52.9 Å². The molecule has 1 saturated heterocycles. The predicted molar refractivity (Wildman–Crippen MR) is 80.9 cm³/mol. The Bertz CT molecular complexity index is 598. The monoisotopic (exact) mass is 334 g/mol. The molecule has 0 radical (unpaired) electrons. The summed E-state index contributed by atoms with van der Waals surface area (Å²) in [5.74, 6) is -0.0715. The highest BCUT2D eigenvalue weighted by Gasteiger charge is 2.25. The van der Waals surface area contributed by atoms with Crippen molar-refractivity contribution in [1.29, 1.82) is 0 Å². The van der Waals surface area contributed by atoms with Crippen LogP contribution in [-0.2, 0) is 0 Å². The van der Waals surface area contributed by atoms with Gasteiger partial charge in [0.15, 0.2) is 0 Å². The minimum absolute atomic E-state index is 0.0715. The summed E-state index contributed by atoms with van der Waals surface area (Å²) in [6.45, 7) is 1.77. The molecule has 0 bridgehead atoms. The summed E-state index contributed by atoms with van der Waals surface area (Å²) in [4.78, 5) is 14.3. The van der Waals surface area contributed by atoms with Gasteiger partial charge in [0.25, 0.3) is 5.91 Å². The highest BCUT2D eigenvalue weighted by molar-refractivity contribution is 9.10. The van der Waals surface area contributed by atoms with E-state index < -0.39 is 0 Å². The lowest BCUT2D eigenvalue weighted by Gasteiger charge is -2.20. The van der Waals surface area contributed by atoms with Crippen LogP contribution in [0.25, 0.3) is 0 Å². The van der Waals surface area contributed by atoms with Gasteiger partial charge < -0.3 is 14.6 Å². The number of hydrogen-bond acceptors (Lipinski definition) is 3. The van der Waals surface area contributed by atoms with Crippen LogP contribution in [0.15, 0.2) is 51.7 Å². The Labute approximate surface area is 125 Å². The second kappa shape index (κ2) is 5.71. The molecule has 1 amide bonds. The van der Waals surface area contributed by atoms with Crippen LogP contribution in [0.1, 0.15) is 16.8 Å². The van der Waals surface area contributed by atoms with Crippen LogP contribution in [-0.4, -0.2) is 25.0 Å². The smallest absolute Gasteiger partial charge is 0.254 e. The first-order chi connectivity index (χ1) is 9.74. The molecule has 1 aromatic carbocycles. The number of nitrogens with one attached hydrogen (secondary N) is 1. The number of rotatable bonds is 3. The number of nitrogens with zero attached hydrogens (tertiary/aromatic N) is 1. The SMILES string of the molecule is O=C(N[C@H]1CCN(c2ccccc2Br)C1)c1ccoc1. The van der Waals surface area contributed by atoms with E-state index >= 15 is 0 Å². The van der Waals surface area contributed by atoms with Crippen molar-refractivity contribution in [2.45, 2.75) is 12.5 Å². The second-order valence-electron chi connectivity index (χ2n) is 4.87. The number of halogens is 1. The second-order valence-corrected chi connectivity index (χ2v) is 5.72. The van der Waals surface area contributed by atoms with Gasteiger partial charge in [-0.3, -0.25) is 4.79 Å². The van der Waals surface area contributed by atoms with Crippen molar-refractivity contribution in [2.24, 2.45) is 0 Å². The Morgan fingerprint density at radius 1 is 1.35 bits per heavy atom. The molecule has 1 aromatic heterocycles. The normalized spacial score (nSPS) is 18.2. The van der Waals surface area contributed by atoms with Gasteiger partial charge in [-0.1, -0.05) is 12.1 Å². The fourth-order valence-electron chi connectivity index (χ4n) is 2.47. The molecule has 2 aromatic rings. The maximum absolute atomic E-state index is 12.0. The van der Waals surface area contributed by atoms with Gasteiger partial charge in [0.1, 0.15) is 6.26 Å². The number of hydrogen-bond donors (Lipinski definition) is 1. The molecule has 0 saturated carbocycles. The minimum atomic E-state index is -0.0715. The van der Waals surface area contributed by atoms with Crippen molar-refractivity contribution in [3.8, 4) is 0 Å². The van der Waals surface area contributed by atoms with E-state index in [9.17, 15) is 4.79 Å². The third-order valence-electron chi connectivity index (χ3n) is 3.50. The van der Waals surface area contributed by atoms with E-state index in [0.29, 0.717) is 5.56 Å². The molecule has 0 spiro atoms. The van der Waals surface area contributed by atoms with Crippen molar-refractivity contribution in [2.75, 3.05) is 18.0 Å². The number of benzene rings is 1. The van der Waals surface area contributed by atoms with E-state index in [1.807, 2.05) is 18.2 Å². The molecule has 1 aliphatic rings. The van der Waals surface area contributed by atoms with E-state index in [1.165, 1.54) is 18.2 Å². The van der Waals surface area contributed by atoms with Gasteiger partial charge >= 0.3 is 0 Å². The summed E-state index contributed by atoms with van der Waals surface area (Å²) < 4.78 is 6.01. The molecule has 104 valence electrons. The Balaban J connectivity index is 1.63. The maximum Gasteiger partial charge on any atom is 0.254 e. The molecular formula is C15H15BrN2O2. The lowest BCUT2D eigenvalue weighted by atomic mass is 10.2. The summed E-state index contributed by atoms with van der Waals surface area (Å²) in [7, 11) is 0. The van der Waals surface area contributed by atoms with Gasteiger partial charge in [0.05, 0.1) is 17.5 Å². The molecule has 4 nitrogen and oxygen atoms in total. The van der Waals surface area contributed by atoms with E-state index in [0.717, 1.165) is 24.0 Å². The molecule has 1 aliphatic heterocycles. The third kappa shape index (κ3) is 2.72. The summed E-state index contributed by atoms with van der Waals surface area (Å²) in [6.07, 6.45) is 3.93. The zero-order valence-corrected chi connectivity index (χ0v) is 12.5. The average molecular weight is 335 g/mol. The van der Waals surface area contributed by atoms with Gasteiger partial charge in [-0.25, -0.2) is 0 Å². The molecule has 1 N–H and O–H groups in total. The summed E-state index contributed by atoms with van der Waals surface area (Å²) >= 11 is 3.57. The van der Waals surface area contributed by atoms with Crippen LogP contribution in [0.5, 0.6) is 0 Å². The zero-order valence-electron chi connectivity index (χ0n) is 10.9.